The lowest BCUT2D eigenvalue weighted by Gasteiger charge is -2.37. The molecule has 2 aromatic rings. The molecule has 0 spiro atoms. The molecule has 3 N–H and O–H groups in total. The topological polar surface area (TPSA) is 69.1 Å². The molecule has 2 unspecified atom stereocenters. The molecule has 1 aromatic carbocycles. The van der Waals surface area contributed by atoms with Crippen LogP contribution in [0, 0.1) is 5.92 Å². The Kier molecular flexibility index (Phi) is 7.67. The second-order valence-corrected chi connectivity index (χ2v) is 8.61. The van der Waals surface area contributed by atoms with E-state index in [2.05, 4.69) is 52.6 Å². The fourth-order valence-electron chi connectivity index (χ4n) is 3.58. The maximum absolute atomic E-state index is 10.6. The molecule has 0 amide bonds. The number of morpholine rings is 1. The smallest absolute Gasteiger partial charge is 0.191 e. The van der Waals surface area contributed by atoms with Gasteiger partial charge in [-0.2, -0.15) is 0 Å². The lowest BCUT2D eigenvalue weighted by Crippen LogP contribution is -2.52. The summed E-state index contributed by atoms with van der Waals surface area (Å²) < 4.78 is 6.68. The van der Waals surface area contributed by atoms with Crippen LogP contribution in [0.1, 0.15) is 24.8 Å². The number of fused-ring (bicyclic) bond motifs is 1. The summed E-state index contributed by atoms with van der Waals surface area (Å²) in [7, 11) is 1.76. The monoisotopic (exact) mass is 404 g/mol. The molecule has 1 fully saturated rings. The highest BCUT2D eigenvalue weighted by atomic mass is 32.1. The molecule has 0 bridgehead atoms. The van der Waals surface area contributed by atoms with E-state index >= 15 is 0 Å². The summed E-state index contributed by atoms with van der Waals surface area (Å²) >= 11 is 1.64. The van der Waals surface area contributed by atoms with E-state index in [1.165, 1.54) is 10.1 Å². The molecule has 1 aliphatic heterocycles. The standard InChI is InChI=1S/C21H32N4O2S/c1-15(2)17(25-8-10-27-11-9-25)13-23-21(22-3)24-14-18(26)20-12-16-6-4-5-7-19(16)28-20/h4-7,12,15,17-18,26H,8-11,13-14H2,1-3H3,(H2,22,23,24). The molecular weight excluding hydrogens is 372 g/mol. The summed E-state index contributed by atoms with van der Waals surface area (Å²) in [5.74, 6) is 1.26. The van der Waals surface area contributed by atoms with E-state index in [1.54, 1.807) is 18.4 Å². The van der Waals surface area contributed by atoms with Crippen molar-refractivity contribution in [3.05, 3.63) is 35.2 Å². The van der Waals surface area contributed by atoms with Crippen LogP contribution in [-0.4, -0.2) is 68.4 Å². The molecule has 3 rings (SSSR count). The van der Waals surface area contributed by atoms with Crippen LogP contribution in [-0.2, 0) is 4.74 Å². The van der Waals surface area contributed by atoms with Crippen LogP contribution >= 0.6 is 11.3 Å². The highest BCUT2D eigenvalue weighted by Crippen LogP contribution is 2.29. The Bertz CT molecular complexity index is 738. The maximum atomic E-state index is 10.6. The number of guanidine groups is 1. The molecule has 28 heavy (non-hydrogen) atoms. The minimum atomic E-state index is -0.559. The van der Waals surface area contributed by atoms with Gasteiger partial charge in [-0.25, -0.2) is 0 Å². The van der Waals surface area contributed by atoms with Crippen molar-refractivity contribution in [2.45, 2.75) is 26.0 Å². The first-order chi connectivity index (χ1) is 13.6. The molecule has 154 valence electrons. The fraction of sp³-hybridized carbons (Fsp3) is 0.571. The number of hydrogen-bond acceptors (Lipinski definition) is 5. The zero-order valence-electron chi connectivity index (χ0n) is 17.0. The average Bonchev–Trinajstić information content (AvgIpc) is 3.15. The predicted octanol–water partition coefficient (Wildman–Crippen LogP) is 2.46. The molecule has 1 aliphatic rings. The van der Waals surface area contributed by atoms with Gasteiger partial charge in [0.1, 0.15) is 6.10 Å². The predicted molar refractivity (Wildman–Crippen MR) is 117 cm³/mol. The van der Waals surface area contributed by atoms with Gasteiger partial charge < -0.3 is 20.5 Å². The van der Waals surface area contributed by atoms with Gasteiger partial charge in [0.2, 0.25) is 0 Å². The Morgan fingerprint density at radius 3 is 2.61 bits per heavy atom. The zero-order chi connectivity index (χ0) is 19.9. The number of aliphatic hydroxyl groups is 1. The van der Waals surface area contributed by atoms with Crippen molar-refractivity contribution in [3.63, 3.8) is 0 Å². The lowest BCUT2D eigenvalue weighted by atomic mass is 10.0. The summed E-state index contributed by atoms with van der Waals surface area (Å²) in [6.45, 7) is 9.30. The number of nitrogens with zero attached hydrogens (tertiary/aromatic N) is 2. The maximum Gasteiger partial charge on any atom is 0.191 e. The van der Waals surface area contributed by atoms with Crippen LogP contribution < -0.4 is 10.6 Å². The number of aliphatic imine (C=N–C) groups is 1. The molecule has 0 saturated carbocycles. The molecule has 2 atom stereocenters. The summed E-state index contributed by atoms with van der Waals surface area (Å²) in [6.07, 6.45) is -0.559. The molecule has 1 saturated heterocycles. The summed E-state index contributed by atoms with van der Waals surface area (Å²) in [5.41, 5.74) is 0. The van der Waals surface area contributed by atoms with Crippen LogP contribution in [0.15, 0.2) is 35.3 Å². The summed E-state index contributed by atoms with van der Waals surface area (Å²) in [6, 6.07) is 10.7. The van der Waals surface area contributed by atoms with E-state index in [9.17, 15) is 5.11 Å². The number of benzene rings is 1. The third-order valence-corrected chi connectivity index (χ3v) is 6.44. The summed E-state index contributed by atoms with van der Waals surface area (Å²) in [5, 5.41) is 18.4. The first kappa shape index (κ1) is 21.0. The van der Waals surface area contributed by atoms with Crippen LogP contribution in [0.2, 0.25) is 0 Å². The zero-order valence-corrected chi connectivity index (χ0v) is 17.8. The van der Waals surface area contributed by atoms with Crippen molar-refractivity contribution in [2.75, 3.05) is 46.4 Å². The van der Waals surface area contributed by atoms with E-state index < -0.39 is 6.10 Å². The number of thiophene rings is 1. The van der Waals surface area contributed by atoms with E-state index in [1.807, 2.05) is 12.1 Å². The molecule has 1 aromatic heterocycles. The molecule has 0 radical (unpaired) electrons. The Morgan fingerprint density at radius 1 is 1.21 bits per heavy atom. The van der Waals surface area contributed by atoms with Crippen molar-refractivity contribution in [1.29, 1.82) is 0 Å². The third kappa shape index (κ3) is 5.44. The lowest BCUT2D eigenvalue weighted by molar-refractivity contribution is 0.00751. The van der Waals surface area contributed by atoms with Gasteiger partial charge in [-0.05, 0) is 23.4 Å². The molecule has 6 nitrogen and oxygen atoms in total. The average molecular weight is 405 g/mol. The number of aliphatic hydroxyl groups excluding tert-OH is 1. The number of ether oxygens (including phenoxy) is 1. The van der Waals surface area contributed by atoms with E-state index in [-0.39, 0.29) is 0 Å². The van der Waals surface area contributed by atoms with Gasteiger partial charge in [0.25, 0.3) is 0 Å². The Morgan fingerprint density at radius 2 is 1.93 bits per heavy atom. The Balaban J connectivity index is 1.52. The minimum Gasteiger partial charge on any atom is -0.386 e. The van der Waals surface area contributed by atoms with Crippen LogP contribution in [0.25, 0.3) is 10.1 Å². The second kappa shape index (κ2) is 10.2. The Hall–Kier alpha value is -1.67. The van der Waals surface area contributed by atoms with Crippen LogP contribution in [0.3, 0.4) is 0 Å². The third-order valence-electron chi connectivity index (χ3n) is 5.22. The summed E-state index contributed by atoms with van der Waals surface area (Å²) in [4.78, 5) is 7.77. The second-order valence-electron chi connectivity index (χ2n) is 7.50. The van der Waals surface area contributed by atoms with E-state index in [0.717, 1.165) is 43.7 Å². The number of rotatable bonds is 7. The number of nitrogens with one attached hydrogen (secondary N) is 2. The van der Waals surface area contributed by atoms with Crippen LogP contribution in [0.5, 0.6) is 0 Å². The normalized spacial score (nSPS) is 18.4. The van der Waals surface area contributed by atoms with Crippen molar-refractivity contribution in [2.24, 2.45) is 10.9 Å². The van der Waals surface area contributed by atoms with Gasteiger partial charge in [0, 0.05) is 48.8 Å². The minimum absolute atomic E-state index is 0.426. The first-order valence-corrected chi connectivity index (χ1v) is 10.8. The molecular formula is C21H32N4O2S. The van der Waals surface area contributed by atoms with Gasteiger partial charge in [-0.1, -0.05) is 32.0 Å². The quantitative estimate of drug-likeness (QED) is 0.489. The van der Waals surface area contributed by atoms with Gasteiger partial charge >= 0.3 is 0 Å². The molecule has 7 heteroatoms. The van der Waals surface area contributed by atoms with Gasteiger partial charge in [0.15, 0.2) is 5.96 Å². The van der Waals surface area contributed by atoms with Crippen molar-refractivity contribution < 1.29 is 9.84 Å². The fourth-order valence-corrected chi connectivity index (χ4v) is 4.63. The van der Waals surface area contributed by atoms with E-state index in [4.69, 9.17) is 4.74 Å². The molecule has 2 heterocycles. The highest BCUT2D eigenvalue weighted by molar-refractivity contribution is 7.19. The van der Waals surface area contributed by atoms with E-state index in [0.29, 0.717) is 18.5 Å². The van der Waals surface area contributed by atoms with Gasteiger partial charge in [-0.15, -0.1) is 11.3 Å². The Labute approximate surface area is 171 Å². The SMILES string of the molecule is CN=C(NCC(O)c1cc2ccccc2s1)NCC(C(C)C)N1CCOCC1. The van der Waals surface area contributed by atoms with Gasteiger partial charge in [0.05, 0.1) is 13.2 Å². The van der Waals surface area contributed by atoms with Gasteiger partial charge in [-0.3, -0.25) is 9.89 Å². The molecule has 0 aliphatic carbocycles. The van der Waals surface area contributed by atoms with Crippen LogP contribution in [0.4, 0.5) is 0 Å². The highest BCUT2D eigenvalue weighted by Gasteiger charge is 2.24. The van der Waals surface area contributed by atoms with Crippen molar-refractivity contribution in [1.82, 2.24) is 15.5 Å². The van der Waals surface area contributed by atoms with Crippen molar-refractivity contribution in [3.8, 4) is 0 Å². The number of hydrogen-bond donors (Lipinski definition) is 3. The first-order valence-electron chi connectivity index (χ1n) is 10.0. The largest absolute Gasteiger partial charge is 0.386 e. The van der Waals surface area contributed by atoms with Crippen molar-refractivity contribution >= 4 is 27.4 Å².